The lowest BCUT2D eigenvalue weighted by molar-refractivity contribution is -0.113. The Hall–Kier alpha value is -1.57. The van der Waals surface area contributed by atoms with Crippen LogP contribution in [-0.4, -0.2) is 28.4 Å². The number of carbonyl (C=O) groups is 1. The van der Waals surface area contributed by atoms with Crippen LogP contribution in [0.5, 0.6) is 0 Å². The molecule has 116 valence electrons. The van der Waals surface area contributed by atoms with E-state index >= 15 is 0 Å². The second-order valence-electron chi connectivity index (χ2n) is 4.34. The molecule has 1 amide bonds. The number of nitrogens with one attached hydrogen (secondary N) is 2. The summed E-state index contributed by atoms with van der Waals surface area (Å²) in [4.78, 5) is 12.0. The van der Waals surface area contributed by atoms with Crippen LogP contribution in [0.4, 0.5) is 10.8 Å². The Labute approximate surface area is 142 Å². The third kappa shape index (κ3) is 5.01. The van der Waals surface area contributed by atoms with Crippen molar-refractivity contribution in [2.45, 2.75) is 11.3 Å². The summed E-state index contributed by atoms with van der Waals surface area (Å²) in [5.41, 5.74) is 1.69. The maximum Gasteiger partial charge on any atom is 0.234 e. The minimum Gasteiger partial charge on any atom is -0.357 e. The number of aryl methyl sites for hydroxylation is 1. The quantitative estimate of drug-likeness (QED) is 0.584. The highest BCUT2D eigenvalue weighted by Crippen LogP contribution is 2.26. The van der Waals surface area contributed by atoms with Gasteiger partial charge in [-0.2, -0.15) is 0 Å². The average Bonchev–Trinajstić information content (AvgIpc) is 2.94. The molecule has 2 aromatic rings. The molecule has 8 heteroatoms. The molecule has 22 heavy (non-hydrogen) atoms. The van der Waals surface area contributed by atoms with Crippen molar-refractivity contribution in [3.05, 3.63) is 41.4 Å². The van der Waals surface area contributed by atoms with E-state index in [1.807, 2.05) is 13.0 Å². The van der Waals surface area contributed by atoms with Gasteiger partial charge in [0.2, 0.25) is 11.0 Å². The fraction of sp³-hybridized carbons (Fsp3) is 0.214. The summed E-state index contributed by atoms with van der Waals surface area (Å²) < 4.78 is 0.745. The summed E-state index contributed by atoms with van der Waals surface area (Å²) in [5.74, 6) is 0.184. The predicted octanol–water partition coefficient (Wildman–Crippen LogP) is 3.83. The fourth-order valence-corrected chi connectivity index (χ4v) is 3.37. The molecule has 0 saturated carbocycles. The summed E-state index contributed by atoms with van der Waals surface area (Å²) in [5, 5.41) is 15.3. The van der Waals surface area contributed by atoms with E-state index in [-0.39, 0.29) is 11.7 Å². The smallest absolute Gasteiger partial charge is 0.234 e. The van der Waals surface area contributed by atoms with Crippen LogP contribution in [0.3, 0.4) is 0 Å². The van der Waals surface area contributed by atoms with Gasteiger partial charge in [0.15, 0.2) is 4.34 Å². The van der Waals surface area contributed by atoms with E-state index in [2.05, 4.69) is 27.4 Å². The average molecular weight is 355 g/mol. The molecule has 0 unspecified atom stereocenters. The van der Waals surface area contributed by atoms with Crippen LogP contribution < -0.4 is 10.6 Å². The van der Waals surface area contributed by atoms with Gasteiger partial charge in [-0.1, -0.05) is 40.8 Å². The summed E-state index contributed by atoms with van der Waals surface area (Å²) in [6.07, 6.45) is 1.75. The largest absolute Gasteiger partial charge is 0.357 e. The third-order valence-corrected chi connectivity index (χ3v) is 4.84. The summed E-state index contributed by atoms with van der Waals surface area (Å²) in [6, 6.07) is 5.36. The topological polar surface area (TPSA) is 66.9 Å². The van der Waals surface area contributed by atoms with Crippen molar-refractivity contribution < 1.29 is 4.79 Å². The number of thioether (sulfide) groups is 1. The number of carbonyl (C=O) groups excluding carboxylic acids is 1. The zero-order valence-corrected chi connectivity index (χ0v) is 14.3. The van der Waals surface area contributed by atoms with E-state index < -0.39 is 0 Å². The van der Waals surface area contributed by atoms with Gasteiger partial charge in [-0.25, -0.2) is 0 Å². The van der Waals surface area contributed by atoms with E-state index in [0.717, 1.165) is 20.7 Å². The molecular weight excluding hydrogens is 340 g/mol. The van der Waals surface area contributed by atoms with Gasteiger partial charge in [-0.05, 0) is 30.7 Å². The lowest BCUT2D eigenvalue weighted by atomic mass is 10.2. The Morgan fingerprint density at radius 3 is 3.05 bits per heavy atom. The molecule has 0 aliphatic rings. The van der Waals surface area contributed by atoms with Crippen molar-refractivity contribution in [1.29, 1.82) is 0 Å². The molecule has 1 aromatic heterocycles. The van der Waals surface area contributed by atoms with Crippen molar-refractivity contribution in [3.8, 4) is 0 Å². The fourth-order valence-electron chi connectivity index (χ4n) is 1.58. The number of nitrogens with zero attached hydrogens (tertiary/aromatic N) is 2. The Morgan fingerprint density at radius 2 is 2.32 bits per heavy atom. The minimum atomic E-state index is -0.0915. The van der Waals surface area contributed by atoms with Gasteiger partial charge < -0.3 is 10.6 Å². The van der Waals surface area contributed by atoms with Crippen molar-refractivity contribution in [2.24, 2.45) is 0 Å². The Bertz CT molecular complexity index is 675. The van der Waals surface area contributed by atoms with E-state index in [1.165, 1.54) is 23.1 Å². The first kappa shape index (κ1) is 16.8. The van der Waals surface area contributed by atoms with E-state index in [9.17, 15) is 4.79 Å². The summed E-state index contributed by atoms with van der Waals surface area (Å²) in [6.45, 7) is 6.16. The van der Waals surface area contributed by atoms with Crippen LogP contribution >= 0.6 is 34.7 Å². The van der Waals surface area contributed by atoms with Gasteiger partial charge in [-0.15, -0.1) is 16.8 Å². The number of rotatable bonds is 7. The highest BCUT2D eigenvalue weighted by Gasteiger charge is 2.09. The van der Waals surface area contributed by atoms with Gasteiger partial charge in [0.05, 0.1) is 5.75 Å². The molecule has 0 fully saturated rings. The standard InChI is InChI=1S/C14H15ClN4OS2/c1-3-6-16-13-18-19-14(22-13)21-8-12(20)17-11-5-4-10(15)7-9(11)2/h3-5,7H,1,6,8H2,2H3,(H,16,18)(H,17,20). The molecule has 5 nitrogen and oxygen atoms in total. The van der Waals surface area contributed by atoms with E-state index in [0.29, 0.717) is 11.6 Å². The van der Waals surface area contributed by atoms with Crippen molar-refractivity contribution in [2.75, 3.05) is 22.9 Å². The first-order valence-corrected chi connectivity index (χ1v) is 8.63. The molecule has 0 spiro atoms. The minimum absolute atomic E-state index is 0.0915. The maximum atomic E-state index is 12.0. The van der Waals surface area contributed by atoms with Gasteiger partial charge in [0.25, 0.3) is 0 Å². The Kier molecular flexibility index (Phi) is 6.23. The van der Waals surface area contributed by atoms with Gasteiger partial charge >= 0.3 is 0 Å². The van der Waals surface area contributed by atoms with Crippen molar-refractivity contribution in [3.63, 3.8) is 0 Å². The molecular formula is C14H15ClN4OS2. The molecule has 1 heterocycles. The number of hydrogen-bond acceptors (Lipinski definition) is 6. The molecule has 0 aliphatic carbocycles. The monoisotopic (exact) mass is 354 g/mol. The van der Waals surface area contributed by atoms with E-state index in [4.69, 9.17) is 11.6 Å². The second kappa shape index (κ2) is 8.17. The highest BCUT2D eigenvalue weighted by molar-refractivity contribution is 8.01. The molecule has 0 bridgehead atoms. The number of halogens is 1. The number of aromatic nitrogens is 2. The van der Waals surface area contributed by atoms with Crippen LogP contribution in [-0.2, 0) is 4.79 Å². The van der Waals surface area contributed by atoms with Gasteiger partial charge in [-0.3, -0.25) is 4.79 Å². The first-order valence-electron chi connectivity index (χ1n) is 6.45. The molecule has 0 radical (unpaired) electrons. The molecule has 1 aromatic carbocycles. The van der Waals surface area contributed by atoms with Crippen LogP contribution in [0.15, 0.2) is 35.2 Å². The normalized spacial score (nSPS) is 10.3. The number of benzene rings is 1. The highest BCUT2D eigenvalue weighted by atomic mass is 35.5. The SMILES string of the molecule is C=CCNc1nnc(SCC(=O)Nc2ccc(Cl)cc2C)s1. The van der Waals surface area contributed by atoms with Crippen molar-refractivity contribution >= 4 is 51.4 Å². The second-order valence-corrected chi connectivity index (χ2v) is 6.98. The van der Waals surface area contributed by atoms with Crippen LogP contribution in [0.25, 0.3) is 0 Å². The van der Waals surface area contributed by atoms with Crippen LogP contribution in [0.2, 0.25) is 5.02 Å². The number of hydrogen-bond donors (Lipinski definition) is 2. The first-order chi connectivity index (χ1) is 10.6. The molecule has 2 N–H and O–H groups in total. The molecule has 2 rings (SSSR count). The lowest BCUT2D eigenvalue weighted by Gasteiger charge is -2.07. The number of amides is 1. The van der Waals surface area contributed by atoms with E-state index in [1.54, 1.807) is 18.2 Å². The third-order valence-electron chi connectivity index (χ3n) is 2.59. The van der Waals surface area contributed by atoms with Crippen LogP contribution in [0.1, 0.15) is 5.56 Å². The zero-order chi connectivity index (χ0) is 15.9. The Morgan fingerprint density at radius 1 is 1.50 bits per heavy atom. The predicted molar refractivity (Wildman–Crippen MR) is 94.1 cm³/mol. The molecule has 0 aliphatic heterocycles. The molecule has 0 saturated heterocycles. The lowest BCUT2D eigenvalue weighted by Crippen LogP contribution is -2.14. The van der Waals surface area contributed by atoms with Gasteiger partial charge in [0, 0.05) is 17.3 Å². The Balaban J connectivity index is 1.84. The van der Waals surface area contributed by atoms with Crippen LogP contribution in [0, 0.1) is 6.92 Å². The zero-order valence-electron chi connectivity index (χ0n) is 11.9. The van der Waals surface area contributed by atoms with Gasteiger partial charge in [0.1, 0.15) is 0 Å². The molecule has 0 atom stereocenters. The summed E-state index contributed by atoms with van der Waals surface area (Å²) >= 11 is 8.65. The maximum absolute atomic E-state index is 12.0. The van der Waals surface area contributed by atoms with Crippen molar-refractivity contribution in [1.82, 2.24) is 10.2 Å². The summed E-state index contributed by atoms with van der Waals surface area (Å²) in [7, 11) is 0. The number of anilines is 2.